The second-order valence-electron chi connectivity index (χ2n) is 18.2. The predicted molar refractivity (Wildman–Crippen MR) is 306 cm³/mol. The number of aliphatic hydroxyl groups is 1. The van der Waals surface area contributed by atoms with Gasteiger partial charge in [-0.05, 0) is 112 Å². The van der Waals surface area contributed by atoms with Crippen LogP contribution in [0, 0.1) is 70.1 Å². The molecule has 3 N–H and O–H groups in total. The van der Waals surface area contributed by atoms with Gasteiger partial charge in [0.25, 0.3) is 5.75 Å². The smallest absolute Gasteiger partial charge is 0.262 e. The SMILES string of the molecule is C#CC#CC#C[CH2-].Cc1cc(-c2ccccc2[CH+]CCC[OH+]c2ccccc2-c2cc(C)cc(C3c4ccccc4-c4ccccc43)c2O)c(O)c(C2c3ccccc3-c3ccccc32)c1.[CH2-]c1ccccc1.[HH].[HH].[Hf]. The summed E-state index contributed by atoms with van der Waals surface area (Å²) in [4.78, 5) is 0. The number of phenols is 2. The Morgan fingerprint density at radius 1 is 0.500 bits per heavy atom. The summed E-state index contributed by atoms with van der Waals surface area (Å²) in [7, 11) is 0. The van der Waals surface area contributed by atoms with E-state index in [0.717, 1.165) is 74.2 Å². The number of para-hydroxylation sites is 1. The van der Waals surface area contributed by atoms with E-state index >= 15 is 0 Å². The van der Waals surface area contributed by atoms with Crippen molar-refractivity contribution in [3.63, 3.8) is 0 Å². The van der Waals surface area contributed by atoms with Crippen LogP contribution in [0.25, 0.3) is 44.5 Å². The molecule has 11 rings (SSSR count). The molecule has 0 bridgehead atoms. The van der Waals surface area contributed by atoms with Gasteiger partial charge in [0.05, 0.1) is 16.7 Å². The van der Waals surface area contributed by atoms with Gasteiger partial charge in [0.1, 0.15) is 17.1 Å². The van der Waals surface area contributed by atoms with Crippen LogP contribution in [0.15, 0.2) is 200 Å². The number of aromatic hydroxyl groups is 3. The van der Waals surface area contributed by atoms with Gasteiger partial charge in [0, 0.05) is 94.7 Å². The normalized spacial score (nSPS) is 11.3. The van der Waals surface area contributed by atoms with Crippen LogP contribution in [-0.4, -0.2) is 21.6 Å². The van der Waals surface area contributed by atoms with Crippen LogP contribution in [-0.2, 0) is 25.8 Å². The number of phenolic OH excluding ortho intramolecular Hbond substituents is 2. The molecule has 4 heteroatoms. The van der Waals surface area contributed by atoms with E-state index in [1.807, 2.05) is 42.5 Å². The summed E-state index contributed by atoms with van der Waals surface area (Å²) in [6.45, 7) is 11.8. The number of benzene rings is 9. The Bertz CT molecular complexity index is 3340. The van der Waals surface area contributed by atoms with Crippen molar-refractivity contribution in [1.29, 1.82) is 0 Å². The molecule has 0 aromatic heterocycles. The molecule has 0 amide bonds. The Hall–Kier alpha value is -8.46. The minimum absolute atomic E-state index is 0. The van der Waals surface area contributed by atoms with Crippen molar-refractivity contribution in [2.45, 2.75) is 38.5 Å². The van der Waals surface area contributed by atoms with Crippen LogP contribution in [0.4, 0.5) is 0 Å². The van der Waals surface area contributed by atoms with Gasteiger partial charge in [-0.1, -0.05) is 127 Å². The first-order valence-corrected chi connectivity index (χ1v) is 24.6. The number of fused-ring (bicyclic) bond motifs is 6. The van der Waals surface area contributed by atoms with Crippen molar-refractivity contribution >= 4 is 0 Å². The van der Waals surface area contributed by atoms with E-state index in [9.17, 15) is 10.2 Å². The molecule has 0 heterocycles. The van der Waals surface area contributed by atoms with Crippen molar-refractivity contribution in [2.75, 3.05) is 6.61 Å². The number of rotatable bonds is 10. The monoisotopic (exact) mass is 1130 g/mol. The van der Waals surface area contributed by atoms with Crippen LogP contribution in [0.2, 0.25) is 0 Å². The van der Waals surface area contributed by atoms with Gasteiger partial charge in [-0.25, -0.2) is 5.92 Å². The average molecular weight is 1130 g/mol. The number of hydrogen-bond donors (Lipinski definition) is 2. The number of unbranched alkanes of at least 4 members (excludes halogenated alkanes) is 1. The molecule has 362 valence electrons. The second-order valence-corrected chi connectivity index (χ2v) is 18.2. The van der Waals surface area contributed by atoms with Crippen LogP contribution in [0.3, 0.4) is 0 Å². The largest absolute Gasteiger partial charge is 0.582 e. The first-order valence-electron chi connectivity index (χ1n) is 24.6. The Morgan fingerprint density at radius 3 is 1.38 bits per heavy atom. The van der Waals surface area contributed by atoms with Crippen molar-refractivity contribution < 1.29 is 43.6 Å². The Morgan fingerprint density at radius 2 is 0.919 bits per heavy atom. The Kier molecular flexibility index (Phi) is 17.0. The van der Waals surface area contributed by atoms with Gasteiger partial charge in [-0.3, -0.25) is 5.92 Å². The van der Waals surface area contributed by atoms with E-state index in [-0.39, 0.29) is 40.5 Å². The fourth-order valence-corrected chi connectivity index (χ4v) is 10.3. The summed E-state index contributed by atoms with van der Waals surface area (Å²) < 4.78 is 5.11. The van der Waals surface area contributed by atoms with Gasteiger partial charge in [0.15, 0.2) is 6.61 Å². The molecule has 9 aromatic carbocycles. The maximum Gasteiger partial charge on any atom is 0.262 e. The zero-order chi connectivity index (χ0) is 50.7. The fourth-order valence-electron chi connectivity index (χ4n) is 10.3. The third-order valence-corrected chi connectivity index (χ3v) is 13.4. The maximum atomic E-state index is 12.1. The maximum absolute atomic E-state index is 12.1. The van der Waals surface area contributed by atoms with Gasteiger partial charge in [-0.15, -0.1) is 24.5 Å². The minimum atomic E-state index is -0.0481. The van der Waals surface area contributed by atoms with Crippen LogP contribution in [0.1, 0.15) is 83.2 Å². The van der Waals surface area contributed by atoms with E-state index in [1.165, 1.54) is 44.5 Å². The zero-order valence-corrected chi connectivity index (χ0v) is 45.3. The molecule has 9 aromatic rings. The van der Waals surface area contributed by atoms with Crippen molar-refractivity contribution in [3.8, 4) is 97.8 Å². The molecule has 0 aliphatic heterocycles. The van der Waals surface area contributed by atoms with Crippen LogP contribution in [0.5, 0.6) is 17.2 Å². The van der Waals surface area contributed by atoms with Gasteiger partial charge >= 0.3 is 0 Å². The quantitative estimate of drug-likeness (QED) is 0.0471. The van der Waals surface area contributed by atoms with Gasteiger partial charge < -0.3 is 14.9 Å². The Labute approximate surface area is 459 Å². The molecule has 0 saturated heterocycles. The molecule has 2 aliphatic rings. The molecular weight excluding hydrogens is 1070 g/mol. The molecule has 0 radical (unpaired) electrons. The molecule has 74 heavy (non-hydrogen) atoms. The first-order chi connectivity index (χ1) is 35.8. The molecule has 0 saturated carbocycles. The van der Waals surface area contributed by atoms with E-state index in [0.29, 0.717) is 18.1 Å². The standard InChI is InChI=1S/C56H44O3.C7H7.C7H3.Hf.2H2/c1-35-31-48(55(57)50(33-35)53-44-25-9-5-20-39(44)40-21-6-10-26-45(40)53)38-19-4-3-17-37(38)18-15-16-30-59-52-29-14-13-24-43(52)49-32-36(2)34-51(56(49)58)54-46-27-11-7-22-41(46)42-23-8-12-28-47(42)54;1-7-5-3-2-4-6-7;1-3-5-7-6-4-2;;;/h3-14,17-29,31-34,53-54H,15-16,30H2,1-2H3,(H-,57,58);2-6H,1H2;1H,2H2;;2*1H/q;2*-1;;;/p+2. The van der Waals surface area contributed by atoms with Crippen LogP contribution < -0.4 is 0 Å². The summed E-state index contributed by atoms with van der Waals surface area (Å²) >= 11 is 0. The summed E-state index contributed by atoms with van der Waals surface area (Å²) in [6, 6.07) is 69.2. The molecular formula is C70H60HfO3. The zero-order valence-electron chi connectivity index (χ0n) is 41.7. The van der Waals surface area contributed by atoms with Crippen LogP contribution >= 0.6 is 0 Å². The average Bonchev–Trinajstić information content (AvgIpc) is 3.94. The predicted octanol–water partition coefficient (Wildman–Crippen LogP) is 16.5. The van der Waals surface area contributed by atoms with Crippen molar-refractivity contribution in [3.05, 3.63) is 276 Å². The van der Waals surface area contributed by atoms with E-state index in [1.54, 1.807) is 0 Å². The number of ether oxygens (including phenoxy) is 1. The van der Waals surface area contributed by atoms with Crippen molar-refractivity contribution in [2.24, 2.45) is 0 Å². The second kappa shape index (κ2) is 24.3. The minimum Gasteiger partial charge on any atom is -0.582 e. The summed E-state index contributed by atoms with van der Waals surface area (Å²) in [5, 5.41) is 24.2. The number of aryl methyl sites for hydroxylation is 2. The van der Waals surface area contributed by atoms with E-state index in [2.05, 4.69) is 221 Å². The van der Waals surface area contributed by atoms with Crippen molar-refractivity contribution in [1.82, 2.24) is 0 Å². The molecule has 3 nitrogen and oxygen atoms in total. The van der Waals surface area contributed by atoms with E-state index in [4.69, 9.17) is 11.2 Å². The van der Waals surface area contributed by atoms with E-state index < -0.39 is 0 Å². The molecule has 0 fully saturated rings. The molecule has 0 atom stereocenters. The van der Waals surface area contributed by atoms with Gasteiger partial charge in [0.2, 0.25) is 0 Å². The van der Waals surface area contributed by atoms with Gasteiger partial charge in [-0.2, -0.15) is 31.5 Å². The third-order valence-electron chi connectivity index (χ3n) is 13.4. The summed E-state index contributed by atoms with van der Waals surface area (Å²) in [5.41, 5.74) is 19.7. The molecule has 0 spiro atoms. The molecule has 2 aliphatic carbocycles. The summed E-state index contributed by atoms with van der Waals surface area (Å²) in [6.07, 6.45) is 8.71. The summed E-state index contributed by atoms with van der Waals surface area (Å²) in [5.74, 6) is 13.0. The number of hydrogen-bond acceptors (Lipinski definition) is 2. The number of terminal acetylenes is 1. The Balaban J connectivity index is 0.000000485. The fraction of sp³-hybridized carbons (Fsp3) is 0.100. The molecule has 0 unspecified atom stereocenters. The topological polar surface area (TPSA) is 53.3 Å². The first kappa shape index (κ1) is 51.9. The third kappa shape index (κ3) is 11.1.